The molecule has 0 N–H and O–H groups in total. The van der Waals surface area contributed by atoms with Crippen molar-refractivity contribution in [3.63, 3.8) is 0 Å². The number of non-ortho nitro benzene ring substituents is 1. The van der Waals surface area contributed by atoms with Crippen molar-refractivity contribution in [3.8, 4) is 11.5 Å². The molecule has 1 atom stereocenters. The minimum atomic E-state index is -0.940. The fraction of sp³-hybridized carbons (Fsp3) is 0.139. The number of nitro groups is 1. The lowest BCUT2D eigenvalue weighted by molar-refractivity contribution is -0.384. The van der Waals surface area contributed by atoms with Crippen LogP contribution in [-0.4, -0.2) is 29.2 Å². The molecule has 5 aromatic rings. The number of ether oxygens (including phenoxy) is 3. The average molecular weight is 745 g/mol. The number of hydrogen-bond donors (Lipinski definition) is 0. The Morgan fingerprint density at radius 2 is 1.80 bits per heavy atom. The fourth-order valence-electron chi connectivity index (χ4n) is 5.38. The first kappa shape index (κ1) is 33.5. The zero-order chi connectivity index (χ0) is 34.7. The van der Waals surface area contributed by atoms with E-state index in [1.54, 1.807) is 49.4 Å². The Labute approximate surface area is 291 Å². The summed E-state index contributed by atoms with van der Waals surface area (Å²) in [7, 11) is 1.49. The number of halogens is 2. The average Bonchev–Trinajstić information content (AvgIpc) is 3.41. The molecule has 13 heteroatoms. The van der Waals surface area contributed by atoms with Gasteiger partial charge in [-0.2, -0.15) is 0 Å². The number of aromatic nitrogens is 1. The summed E-state index contributed by atoms with van der Waals surface area (Å²) >= 11 is 4.70. The summed E-state index contributed by atoms with van der Waals surface area (Å²) < 4.78 is 33.5. The normalized spacial score (nSPS) is 14.2. The number of esters is 1. The zero-order valence-corrected chi connectivity index (χ0v) is 28.5. The first-order valence-corrected chi connectivity index (χ1v) is 16.6. The molecule has 2 heterocycles. The van der Waals surface area contributed by atoms with Crippen molar-refractivity contribution >= 4 is 50.7 Å². The number of carbonyl (C=O) groups is 1. The number of fused-ring (bicyclic) bond motifs is 1. The van der Waals surface area contributed by atoms with Gasteiger partial charge in [-0.1, -0.05) is 53.8 Å². The van der Waals surface area contributed by atoms with Crippen LogP contribution in [0.3, 0.4) is 0 Å². The van der Waals surface area contributed by atoms with Gasteiger partial charge in [0.2, 0.25) is 0 Å². The molecular weight excluding hydrogens is 717 g/mol. The van der Waals surface area contributed by atoms with Gasteiger partial charge in [0.25, 0.3) is 11.2 Å². The molecule has 4 aromatic carbocycles. The van der Waals surface area contributed by atoms with E-state index in [9.17, 15) is 24.1 Å². The van der Waals surface area contributed by atoms with Crippen molar-refractivity contribution in [2.24, 2.45) is 4.99 Å². The molecule has 1 aliphatic rings. The van der Waals surface area contributed by atoms with Gasteiger partial charge in [0.05, 0.1) is 45.0 Å². The molecule has 0 spiro atoms. The molecule has 6 rings (SSSR count). The van der Waals surface area contributed by atoms with E-state index in [1.165, 1.54) is 35.9 Å². The number of methoxy groups -OCH3 is 1. The maximum atomic E-state index is 14.2. The summed E-state index contributed by atoms with van der Waals surface area (Å²) in [4.78, 5) is 43.5. The van der Waals surface area contributed by atoms with Crippen LogP contribution in [0.25, 0.3) is 11.8 Å². The van der Waals surface area contributed by atoms with Gasteiger partial charge >= 0.3 is 5.97 Å². The van der Waals surface area contributed by atoms with Gasteiger partial charge in [0.1, 0.15) is 12.4 Å². The monoisotopic (exact) mass is 743 g/mol. The van der Waals surface area contributed by atoms with Gasteiger partial charge in [-0.15, -0.1) is 0 Å². The van der Waals surface area contributed by atoms with Crippen molar-refractivity contribution < 1.29 is 28.3 Å². The molecule has 1 aromatic heterocycles. The predicted octanol–water partition coefficient (Wildman–Crippen LogP) is 6.33. The summed E-state index contributed by atoms with van der Waals surface area (Å²) in [6.45, 7) is 1.93. The summed E-state index contributed by atoms with van der Waals surface area (Å²) in [6, 6.07) is 23.4. The maximum absolute atomic E-state index is 14.2. The highest BCUT2D eigenvalue weighted by Crippen LogP contribution is 2.38. The van der Waals surface area contributed by atoms with Crippen LogP contribution < -0.4 is 24.4 Å². The molecule has 0 bridgehead atoms. The lowest BCUT2D eigenvalue weighted by Crippen LogP contribution is -2.40. The Bertz CT molecular complexity index is 2270. The zero-order valence-electron chi connectivity index (χ0n) is 26.1. The molecule has 248 valence electrons. The Hall–Kier alpha value is -5.40. The van der Waals surface area contributed by atoms with E-state index in [0.717, 1.165) is 16.9 Å². The Balaban J connectivity index is 1.45. The third-order valence-electron chi connectivity index (χ3n) is 7.64. The molecule has 0 saturated carbocycles. The Morgan fingerprint density at radius 3 is 2.45 bits per heavy atom. The van der Waals surface area contributed by atoms with E-state index in [0.29, 0.717) is 47.7 Å². The molecule has 0 unspecified atom stereocenters. The van der Waals surface area contributed by atoms with Gasteiger partial charge in [-0.25, -0.2) is 14.2 Å². The Morgan fingerprint density at radius 1 is 1.08 bits per heavy atom. The number of hydrogen-bond acceptors (Lipinski definition) is 9. The molecule has 49 heavy (non-hydrogen) atoms. The van der Waals surface area contributed by atoms with E-state index in [2.05, 4.69) is 15.9 Å². The number of nitrogens with zero attached hydrogens (tertiary/aromatic N) is 3. The smallest absolute Gasteiger partial charge is 0.338 e. The standard InChI is InChI=1S/C36H27BrFN3O7S/c1-3-47-35(43)30-31(23-7-5-4-6-8-23)39-36-40(32(30)24-11-13-25(38)14-12-24)34(42)29(49-36)19-22-17-27(37)33(28(18-22)46-2)48-20-21-9-15-26(16-10-21)41(44)45/h4-19,32H,3,20H2,1-2H3/b29-19-/t32-/m1/s1. The van der Waals surface area contributed by atoms with Gasteiger partial charge < -0.3 is 14.2 Å². The van der Waals surface area contributed by atoms with Crippen LogP contribution in [0.4, 0.5) is 10.1 Å². The predicted molar refractivity (Wildman–Crippen MR) is 186 cm³/mol. The number of carbonyl (C=O) groups excluding carboxylic acids is 1. The SMILES string of the molecule is CCOC(=O)C1=C(c2ccccc2)N=c2s/c(=C\c3cc(Br)c(OCc4ccc([N+](=O)[O-])cc4)c(OC)c3)c(=O)n2[C@@H]1c1ccc(F)cc1. The minimum absolute atomic E-state index is 0.0189. The van der Waals surface area contributed by atoms with Crippen LogP contribution in [0.5, 0.6) is 11.5 Å². The lowest BCUT2D eigenvalue weighted by atomic mass is 9.93. The second-order valence-electron chi connectivity index (χ2n) is 10.7. The van der Waals surface area contributed by atoms with E-state index in [1.807, 2.05) is 30.3 Å². The van der Waals surface area contributed by atoms with Crippen LogP contribution in [-0.2, 0) is 16.1 Å². The number of benzene rings is 4. The van der Waals surface area contributed by atoms with Crippen LogP contribution in [0.15, 0.2) is 111 Å². The third-order valence-corrected chi connectivity index (χ3v) is 9.21. The van der Waals surface area contributed by atoms with Crippen molar-refractivity contribution in [1.82, 2.24) is 4.57 Å². The second kappa shape index (κ2) is 14.4. The van der Waals surface area contributed by atoms with E-state index < -0.39 is 28.3 Å². The van der Waals surface area contributed by atoms with E-state index in [-0.39, 0.29) is 24.5 Å². The van der Waals surface area contributed by atoms with Gasteiger partial charge in [0.15, 0.2) is 16.3 Å². The highest BCUT2D eigenvalue weighted by Gasteiger charge is 2.35. The molecule has 0 saturated heterocycles. The molecule has 0 amide bonds. The van der Waals surface area contributed by atoms with Crippen molar-refractivity contribution in [1.29, 1.82) is 0 Å². The number of rotatable bonds is 10. The highest BCUT2D eigenvalue weighted by atomic mass is 79.9. The summed E-state index contributed by atoms with van der Waals surface area (Å²) in [6.07, 6.45) is 1.69. The second-order valence-corrected chi connectivity index (χ2v) is 12.6. The van der Waals surface area contributed by atoms with Crippen LogP contribution in [0.2, 0.25) is 0 Å². The largest absolute Gasteiger partial charge is 0.493 e. The van der Waals surface area contributed by atoms with Crippen LogP contribution in [0.1, 0.15) is 35.2 Å². The molecule has 1 aliphatic heterocycles. The molecule has 0 fully saturated rings. The molecule has 10 nitrogen and oxygen atoms in total. The molecular formula is C36H27BrFN3O7S. The third kappa shape index (κ3) is 6.94. The topological polar surface area (TPSA) is 122 Å². The maximum Gasteiger partial charge on any atom is 0.338 e. The summed E-state index contributed by atoms with van der Waals surface area (Å²) in [5.74, 6) is -0.301. The van der Waals surface area contributed by atoms with E-state index >= 15 is 0 Å². The minimum Gasteiger partial charge on any atom is -0.493 e. The fourth-order valence-corrected chi connectivity index (χ4v) is 6.96. The van der Waals surface area contributed by atoms with Crippen LogP contribution in [0, 0.1) is 15.9 Å². The number of thiazole rings is 1. The van der Waals surface area contributed by atoms with Crippen molar-refractivity contribution in [3.05, 3.63) is 159 Å². The number of nitro benzene ring substituents is 1. The molecule has 0 radical (unpaired) electrons. The molecule has 0 aliphatic carbocycles. The lowest BCUT2D eigenvalue weighted by Gasteiger charge is -2.25. The quantitative estimate of drug-likeness (QED) is 0.0931. The van der Waals surface area contributed by atoms with Crippen molar-refractivity contribution in [2.45, 2.75) is 19.6 Å². The van der Waals surface area contributed by atoms with Gasteiger partial charge in [0, 0.05) is 17.7 Å². The van der Waals surface area contributed by atoms with E-state index in [4.69, 9.17) is 19.2 Å². The summed E-state index contributed by atoms with van der Waals surface area (Å²) in [5, 5.41) is 11.0. The Kier molecular flexibility index (Phi) is 9.83. The first-order chi connectivity index (χ1) is 23.7. The van der Waals surface area contributed by atoms with Crippen LogP contribution >= 0.6 is 27.3 Å². The van der Waals surface area contributed by atoms with Gasteiger partial charge in [-0.05, 0) is 82.0 Å². The summed E-state index contributed by atoms with van der Waals surface area (Å²) in [5.41, 5.74) is 2.61. The highest BCUT2D eigenvalue weighted by molar-refractivity contribution is 9.10. The first-order valence-electron chi connectivity index (χ1n) is 15.0. The van der Waals surface area contributed by atoms with Crippen molar-refractivity contribution in [2.75, 3.05) is 13.7 Å². The van der Waals surface area contributed by atoms with Gasteiger partial charge in [-0.3, -0.25) is 19.5 Å².